The first kappa shape index (κ1) is 19.1. The first-order valence-electron chi connectivity index (χ1n) is 8.86. The molecule has 2 N–H and O–H groups in total. The van der Waals surface area contributed by atoms with E-state index in [2.05, 4.69) is 27.4 Å². The highest BCUT2D eigenvalue weighted by atomic mass is 16.5. The van der Waals surface area contributed by atoms with E-state index in [1.807, 2.05) is 18.2 Å². The number of nitrogens with one attached hydrogen (secondary N) is 1. The Morgan fingerprint density at radius 2 is 2.11 bits per heavy atom. The number of aromatic nitrogens is 2. The number of amides is 2. The van der Waals surface area contributed by atoms with Gasteiger partial charge in [0, 0.05) is 33.2 Å². The summed E-state index contributed by atoms with van der Waals surface area (Å²) in [6.07, 6.45) is 0.752. The van der Waals surface area contributed by atoms with Crippen LogP contribution in [0.5, 0.6) is 0 Å². The number of aliphatic hydroxyl groups is 1. The lowest BCUT2D eigenvalue weighted by Crippen LogP contribution is -2.53. The molecule has 27 heavy (non-hydrogen) atoms. The Balaban J connectivity index is 1.71. The van der Waals surface area contributed by atoms with Gasteiger partial charge in [0.15, 0.2) is 11.6 Å². The van der Waals surface area contributed by atoms with E-state index >= 15 is 0 Å². The normalized spacial score (nSPS) is 15.2. The second kappa shape index (κ2) is 8.32. The van der Waals surface area contributed by atoms with Crippen molar-refractivity contribution in [1.29, 1.82) is 0 Å². The van der Waals surface area contributed by atoms with E-state index in [9.17, 15) is 9.90 Å². The summed E-state index contributed by atoms with van der Waals surface area (Å²) in [4.78, 5) is 24.7. The summed E-state index contributed by atoms with van der Waals surface area (Å²) in [6, 6.07) is 10.1. The number of rotatable bonds is 6. The summed E-state index contributed by atoms with van der Waals surface area (Å²) in [5, 5.41) is 12.5. The van der Waals surface area contributed by atoms with Crippen LogP contribution in [-0.2, 0) is 11.3 Å². The molecule has 0 aliphatic carbocycles. The van der Waals surface area contributed by atoms with E-state index in [4.69, 9.17) is 4.74 Å². The summed E-state index contributed by atoms with van der Waals surface area (Å²) >= 11 is 0. The van der Waals surface area contributed by atoms with Crippen LogP contribution in [-0.4, -0.2) is 59.5 Å². The van der Waals surface area contributed by atoms with E-state index in [0.717, 1.165) is 0 Å². The minimum absolute atomic E-state index is 0.126. The van der Waals surface area contributed by atoms with Crippen molar-refractivity contribution < 1.29 is 14.6 Å². The number of likely N-dealkylation sites (tertiary alicyclic amines) is 1. The molecule has 0 radical (unpaired) electrons. The smallest absolute Gasteiger partial charge is 0.324 e. The molecule has 1 saturated heterocycles. The van der Waals surface area contributed by atoms with Crippen LogP contribution in [0.25, 0.3) is 0 Å². The lowest BCUT2D eigenvalue weighted by Gasteiger charge is -2.41. The fraction of sp³-hybridized carbons (Fsp3) is 0.421. The molecule has 8 heteroatoms. The van der Waals surface area contributed by atoms with Gasteiger partial charge in [-0.3, -0.25) is 4.90 Å². The number of aliphatic hydroxyl groups excluding tert-OH is 1. The lowest BCUT2D eigenvalue weighted by molar-refractivity contribution is 0.158. The molecule has 3 rings (SSSR count). The van der Waals surface area contributed by atoms with Crippen LogP contribution >= 0.6 is 0 Å². The third-order valence-electron chi connectivity index (χ3n) is 4.51. The lowest BCUT2D eigenvalue weighted by atomic mass is 9.92. The molecule has 1 fully saturated rings. The zero-order valence-electron chi connectivity index (χ0n) is 15.8. The van der Waals surface area contributed by atoms with Crippen molar-refractivity contribution in [3.8, 4) is 0 Å². The Labute approximate surface area is 158 Å². The van der Waals surface area contributed by atoms with Crippen LogP contribution < -0.4 is 10.2 Å². The van der Waals surface area contributed by atoms with Gasteiger partial charge in [0.25, 0.3) is 0 Å². The third-order valence-corrected chi connectivity index (χ3v) is 4.51. The van der Waals surface area contributed by atoms with Crippen molar-refractivity contribution in [2.75, 3.05) is 37.5 Å². The molecule has 0 saturated carbocycles. The molecular formula is C19H25N5O3. The monoisotopic (exact) mass is 371 g/mol. The molecule has 0 spiro atoms. The summed E-state index contributed by atoms with van der Waals surface area (Å²) < 4.78 is 5.05. The maximum atomic E-state index is 12.8. The average molecular weight is 371 g/mol. The van der Waals surface area contributed by atoms with Gasteiger partial charge < -0.3 is 20.1 Å². The zero-order valence-corrected chi connectivity index (χ0v) is 15.8. The Morgan fingerprint density at radius 1 is 1.41 bits per heavy atom. The Kier molecular flexibility index (Phi) is 5.88. The molecule has 8 nitrogen and oxygen atoms in total. The van der Waals surface area contributed by atoms with Gasteiger partial charge in [-0.15, -0.1) is 0 Å². The molecule has 0 bridgehead atoms. The van der Waals surface area contributed by atoms with Gasteiger partial charge in [0.2, 0.25) is 0 Å². The Hall–Kier alpha value is -2.71. The molecule has 1 aliphatic heterocycles. The fourth-order valence-corrected chi connectivity index (χ4v) is 3.05. The molecule has 2 heterocycles. The predicted molar refractivity (Wildman–Crippen MR) is 103 cm³/mol. The standard InChI is InChI=1S/C19H25N5O3/c1-13(25)21-18-16(9-20-17(22-18)12-27-3)23(2)19(26)24-10-15(11-24)14-7-5-4-6-8-14/h4-9,13,15,25H,10-12H2,1-3H3,(H,20,21,22). The topological polar surface area (TPSA) is 90.8 Å². The molecule has 1 unspecified atom stereocenters. The fourth-order valence-electron chi connectivity index (χ4n) is 3.05. The van der Waals surface area contributed by atoms with E-state index < -0.39 is 6.23 Å². The molecule has 1 aromatic carbocycles. The van der Waals surface area contributed by atoms with E-state index in [1.54, 1.807) is 32.2 Å². The number of hydrogen-bond acceptors (Lipinski definition) is 6. The van der Waals surface area contributed by atoms with Gasteiger partial charge in [0.1, 0.15) is 18.5 Å². The second-order valence-corrected chi connectivity index (χ2v) is 6.63. The molecule has 1 aromatic heterocycles. The largest absolute Gasteiger partial charge is 0.377 e. The number of nitrogens with zero attached hydrogens (tertiary/aromatic N) is 4. The minimum atomic E-state index is -0.816. The first-order chi connectivity index (χ1) is 13.0. The maximum absolute atomic E-state index is 12.8. The van der Waals surface area contributed by atoms with Gasteiger partial charge in [-0.1, -0.05) is 30.3 Å². The van der Waals surface area contributed by atoms with Crippen LogP contribution in [0.4, 0.5) is 16.3 Å². The predicted octanol–water partition coefficient (Wildman–Crippen LogP) is 2.03. The number of methoxy groups -OCH3 is 1. The number of carbonyl (C=O) groups is 1. The van der Waals surface area contributed by atoms with Gasteiger partial charge in [-0.25, -0.2) is 14.8 Å². The van der Waals surface area contributed by atoms with Crippen LogP contribution in [0.15, 0.2) is 36.5 Å². The minimum Gasteiger partial charge on any atom is -0.377 e. The average Bonchev–Trinajstić information content (AvgIpc) is 2.61. The van der Waals surface area contributed by atoms with Gasteiger partial charge >= 0.3 is 6.03 Å². The number of benzene rings is 1. The molecule has 1 aliphatic rings. The SMILES string of the molecule is COCc1ncc(N(C)C(=O)N2CC(c3ccccc3)C2)c(NC(C)O)n1. The highest BCUT2D eigenvalue weighted by Gasteiger charge is 2.34. The van der Waals surface area contributed by atoms with Gasteiger partial charge in [-0.2, -0.15) is 0 Å². The number of carbonyl (C=O) groups excluding carboxylic acids is 1. The van der Waals surface area contributed by atoms with Crippen LogP contribution in [0.1, 0.15) is 24.2 Å². The zero-order chi connectivity index (χ0) is 19.4. The molecular weight excluding hydrogens is 346 g/mol. The van der Waals surface area contributed by atoms with Gasteiger partial charge in [-0.05, 0) is 12.5 Å². The van der Waals surface area contributed by atoms with Crippen LogP contribution in [0, 0.1) is 0 Å². The molecule has 1 atom stereocenters. The number of ether oxygens (including phenoxy) is 1. The van der Waals surface area contributed by atoms with Crippen molar-refractivity contribution in [2.24, 2.45) is 0 Å². The summed E-state index contributed by atoms with van der Waals surface area (Å²) in [5.41, 5.74) is 1.75. The van der Waals surface area contributed by atoms with Crippen molar-refractivity contribution in [3.05, 3.63) is 47.9 Å². The third kappa shape index (κ3) is 4.35. The second-order valence-electron chi connectivity index (χ2n) is 6.63. The van der Waals surface area contributed by atoms with E-state index in [0.29, 0.717) is 36.3 Å². The number of urea groups is 1. The van der Waals surface area contributed by atoms with E-state index in [1.165, 1.54) is 10.5 Å². The first-order valence-corrected chi connectivity index (χ1v) is 8.86. The summed E-state index contributed by atoms with van der Waals surface area (Å²) in [7, 11) is 3.24. The Bertz CT molecular complexity index is 778. The van der Waals surface area contributed by atoms with Crippen LogP contribution in [0.3, 0.4) is 0 Å². The quantitative estimate of drug-likeness (QED) is 0.755. The molecule has 2 aromatic rings. The molecule has 2 amide bonds. The number of hydrogen-bond donors (Lipinski definition) is 2. The Morgan fingerprint density at radius 3 is 2.74 bits per heavy atom. The van der Waals surface area contributed by atoms with Crippen LogP contribution in [0.2, 0.25) is 0 Å². The maximum Gasteiger partial charge on any atom is 0.324 e. The summed E-state index contributed by atoms with van der Waals surface area (Å²) in [6.45, 7) is 3.19. The number of anilines is 2. The van der Waals surface area contributed by atoms with Crippen molar-refractivity contribution in [3.63, 3.8) is 0 Å². The van der Waals surface area contributed by atoms with Crippen molar-refractivity contribution in [1.82, 2.24) is 14.9 Å². The summed E-state index contributed by atoms with van der Waals surface area (Å²) in [5.74, 6) is 1.22. The highest BCUT2D eigenvalue weighted by molar-refractivity contribution is 5.94. The molecule has 144 valence electrons. The van der Waals surface area contributed by atoms with E-state index in [-0.39, 0.29) is 12.6 Å². The van der Waals surface area contributed by atoms with Gasteiger partial charge in [0.05, 0.1) is 6.20 Å². The van der Waals surface area contributed by atoms with Crippen molar-refractivity contribution in [2.45, 2.75) is 25.7 Å². The van der Waals surface area contributed by atoms with Crippen molar-refractivity contribution >= 4 is 17.5 Å². The highest BCUT2D eigenvalue weighted by Crippen LogP contribution is 2.30.